The lowest BCUT2D eigenvalue weighted by atomic mass is 9.83. The van der Waals surface area contributed by atoms with Crippen LogP contribution < -0.4 is 20.1 Å². The van der Waals surface area contributed by atoms with Gasteiger partial charge in [-0.3, -0.25) is 19.4 Å². The molecule has 0 radical (unpaired) electrons. The minimum Gasteiger partial charge on any atom is -0.496 e. The van der Waals surface area contributed by atoms with E-state index in [4.69, 9.17) is 9.47 Å². The maximum atomic E-state index is 14.9. The molecule has 1 heterocycles. The highest BCUT2D eigenvalue weighted by atomic mass is 19.1. The highest BCUT2D eigenvalue weighted by Gasteiger charge is 2.51. The Hall–Kier alpha value is -3.69. The van der Waals surface area contributed by atoms with Crippen molar-refractivity contribution in [1.82, 2.24) is 10.3 Å². The number of carbonyl (C=O) groups is 3. The van der Waals surface area contributed by atoms with Gasteiger partial charge in [0.1, 0.15) is 5.75 Å². The largest absolute Gasteiger partial charge is 0.496 e. The molecule has 9 nitrogen and oxygen atoms in total. The molecule has 0 aliphatic heterocycles. The molecular formula is C28H32FN3O6. The number of amides is 2. The van der Waals surface area contributed by atoms with E-state index in [1.807, 2.05) is 0 Å². The molecule has 3 aliphatic rings. The summed E-state index contributed by atoms with van der Waals surface area (Å²) in [4.78, 5) is 41.9. The molecule has 4 atom stereocenters. The quantitative estimate of drug-likeness (QED) is 0.475. The van der Waals surface area contributed by atoms with Crippen LogP contribution in [0.15, 0.2) is 36.7 Å². The van der Waals surface area contributed by atoms with Crippen LogP contribution in [0.3, 0.4) is 0 Å². The summed E-state index contributed by atoms with van der Waals surface area (Å²) in [5, 5.41) is 15.2. The van der Waals surface area contributed by atoms with Crippen molar-refractivity contribution in [3.63, 3.8) is 0 Å². The predicted octanol–water partition coefficient (Wildman–Crippen LogP) is 4.03. The second-order valence-electron chi connectivity index (χ2n) is 10.5. The van der Waals surface area contributed by atoms with Crippen molar-refractivity contribution in [3.05, 3.63) is 48.0 Å². The number of hydrogen-bond acceptors (Lipinski definition) is 6. The number of pyridine rings is 1. The first-order valence-electron chi connectivity index (χ1n) is 13.1. The summed E-state index contributed by atoms with van der Waals surface area (Å²) in [6.07, 6.45) is 7.51. The summed E-state index contributed by atoms with van der Waals surface area (Å²) < 4.78 is 26.0. The molecule has 10 heteroatoms. The maximum absolute atomic E-state index is 14.9. The van der Waals surface area contributed by atoms with E-state index >= 15 is 0 Å². The molecule has 202 valence electrons. The number of nitrogens with one attached hydrogen (secondary N) is 2. The number of carbonyl (C=O) groups excluding carboxylic acids is 2. The number of anilines is 1. The van der Waals surface area contributed by atoms with Gasteiger partial charge in [-0.15, -0.1) is 0 Å². The first kappa shape index (κ1) is 25.9. The van der Waals surface area contributed by atoms with Crippen molar-refractivity contribution in [2.75, 3.05) is 12.4 Å². The van der Waals surface area contributed by atoms with Gasteiger partial charge in [-0.25, -0.2) is 4.39 Å². The number of aliphatic carboxylic acids is 1. The SMILES string of the molecule is COc1cc(F)c(OC2CCC(C(=O)O)CC2)cc1C(=O)N[C@@H]1[C@H]2CC[C@H](C2)[C@@H]1C(=O)Nc1ccncc1. The molecule has 1 aromatic heterocycles. The number of rotatable bonds is 8. The van der Waals surface area contributed by atoms with Gasteiger partial charge in [0, 0.05) is 30.2 Å². The fourth-order valence-corrected chi connectivity index (χ4v) is 6.35. The molecule has 2 aromatic rings. The zero-order valence-corrected chi connectivity index (χ0v) is 21.2. The number of hydrogen-bond donors (Lipinski definition) is 3. The number of aromatic nitrogens is 1. The Kier molecular flexibility index (Phi) is 7.49. The van der Waals surface area contributed by atoms with Crippen LogP contribution in [0.4, 0.5) is 10.1 Å². The number of halogens is 1. The van der Waals surface area contributed by atoms with Gasteiger partial charge in [0.2, 0.25) is 5.91 Å². The van der Waals surface area contributed by atoms with Crippen molar-refractivity contribution in [3.8, 4) is 11.5 Å². The second kappa shape index (κ2) is 11.0. The van der Waals surface area contributed by atoms with Crippen LogP contribution in [0.2, 0.25) is 0 Å². The molecule has 3 fully saturated rings. The first-order chi connectivity index (χ1) is 18.3. The minimum atomic E-state index is -0.827. The van der Waals surface area contributed by atoms with Crippen molar-refractivity contribution >= 4 is 23.5 Å². The molecule has 0 spiro atoms. The van der Waals surface area contributed by atoms with Crippen molar-refractivity contribution < 1.29 is 33.4 Å². The third kappa shape index (κ3) is 5.30. The average Bonchev–Trinajstić information content (AvgIpc) is 3.52. The predicted molar refractivity (Wildman–Crippen MR) is 135 cm³/mol. The lowest BCUT2D eigenvalue weighted by molar-refractivity contribution is -0.143. The van der Waals surface area contributed by atoms with E-state index in [1.165, 1.54) is 13.2 Å². The first-order valence-corrected chi connectivity index (χ1v) is 13.1. The molecule has 2 bridgehead atoms. The van der Waals surface area contributed by atoms with Crippen molar-refractivity contribution in [2.45, 2.75) is 57.1 Å². The normalized spacial score (nSPS) is 27.9. The maximum Gasteiger partial charge on any atom is 0.306 e. The van der Waals surface area contributed by atoms with Crippen LogP contribution in [0.25, 0.3) is 0 Å². The van der Waals surface area contributed by atoms with E-state index in [-0.39, 0.29) is 52.9 Å². The Morgan fingerprint density at radius 3 is 2.39 bits per heavy atom. The van der Waals surface area contributed by atoms with Gasteiger partial charge in [0.05, 0.1) is 30.6 Å². The molecule has 2 amide bonds. The number of carboxylic acid groups (broad SMARTS) is 1. The smallest absolute Gasteiger partial charge is 0.306 e. The van der Waals surface area contributed by atoms with Gasteiger partial charge in [-0.05, 0) is 75.0 Å². The lowest BCUT2D eigenvalue weighted by Gasteiger charge is -2.31. The summed E-state index contributed by atoms with van der Waals surface area (Å²) in [5.74, 6) is -2.51. The van der Waals surface area contributed by atoms with E-state index in [0.717, 1.165) is 25.3 Å². The van der Waals surface area contributed by atoms with Gasteiger partial charge < -0.3 is 25.2 Å². The Balaban J connectivity index is 1.31. The monoisotopic (exact) mass is 525 g/mol. The molecule has 1 aromatic carbocycles. The number of ether oxygens (including phenoxy) is 2. The summed E-state index contributed by atoms with van der Waals surface area (Å²) in [6, 6.07) is 5.55. The van der Waals surface area contributed by atoms with E-state index in [1.54, 1.807) is 24.5 Å². The Labute approximate surface area is 220 Å². The Bertz CT molecular complexity index is 1200. The molecule has 5 rings (SSSR count). The van der Waals surface area contributed by atoms with Gasteiger partial charge in [0.25, 0.3) is 5.91 Å². The van der Waals surface area contributed by atoms with Crippen LogP contribution >= 0.6 is 0 Å². The highest BCUT2D eigenvalue weighted by molar-refractivity contribution is 5.99. The summed E-state index contributed by atoms with van der Waals surface area (Å²) in [7, 11) is 1.36. The van der Waals surface area contributed by atoms with Gasteiger partial charge in [-0.1, -0.05) is 0 Å². The van der Waals surface area contributed by atoms with Gasteiger partial charge in [0.15, 0.2) is 11.6 Å². The van der Waals surface area contributed by atoms with Gasteiger partial charge >= 0.3 is 5.97 Å². The third-order valence-corrected chi connectivity index (χ3v) is 8.28. The number of benzene rings is 1. The van der Waals surface area contributed by atoms with Crippen LogP contribution in [-0.4, -0.2) is 47.1 Å². The highest BCUT2D eigenvalue weighted by Crippen LogP contribution is 2.49. The summed E-state index contributed by atoms with van der Waals surface area (Å²) in [6.45, 7) is 0. The Morgan fingerprint density at radius 1 is 1.00 bits per heavy atom. The molecule has 0 saturated heterocycles. The standard InChI is InChI=1S/C28H32FN3O6/c1-37-22-14-21(29)23(38-19-6-4-15(5-7-19)28(35)36)13-20(22)26(33)32-25-17-3-2-16(12-17)24(25)27(34)31-18-8-10-30-11-9-18/h8-11,13-17,19,24-25H,2-7,12H2,1H3,(H,32,33)(H,35,36)(H,30,31,34)/t15?,16-,17+,19?,24+,25-/m1/s1. The minimum absolute atomic E-state index is 0.0721. The van der Waals surface area contributed by atoms with E-state index in [2.05, 4.69) is 15.6 Å². The molecule has 3 saturated carbocycles. The summed E-state index contributed by atoms with van der Waals surface area (Å²) >= 11 is 0. The van der Waals surface area contributed by atoms with Crippen LogP contribution in [-0.2, 0) is 9.59 Å². The Morgan fingerprint density at radius 2 is 1.71 bits per heavy atom. The number of methoxy groups -OCH3 is 1. The third-order valence-electron chi connectivity index (χ3n) is 8.28. The van der Waals surface area contributed by atoms with Crippen LogP contribution in [0.1, 0.15) is 55.3 Å². The van der Waals surface area contributed by atoms with E-state index in [0.29, 0.717) is 31.4 Å². The van der Waals surface area contributed by atoms with Crippen molar-refractivity contribution in [2.24, 2.45) is 23.7 Å². The van der Waals surface area contributed by atoms with Crippen LogP contribution in [0, 0.1) is 29.5 Å². The van der Waals surface area contributed by atoms with E-state index < -0.39 is 23.6 Å². The fourth-order valence-electron chi connectivity index (χ4n) is 6.35. The lowest BCUT2D eigenvalue weighted by Crippen LogP contribution is -2.48. The van der Waals surface area contributed by atoms with Crippen molar-refractivity contribution in [1.29, 1.82) is 0 Å². The molecule has 0 unspecified atom stereocenters. The number of carboxylic acids is 1. The number of fused-ring (bicyclic) bond motifs is 2. The summed E-state index contributed by atoms with van der Waals surface area (Å²) in [5.41, 5.74) is 0.774. The topological polar surface area (TPSA) is 127 Å². The molecule has 3 aliphatic carbocycles. The zero-order chi connectivity index (χ0) is 26.8. The fraction of sp³-hybridized carbons (Fsp3) is 0.500. The molecule has 3 N–H and O–H groups in total. The second-order valence-corrected chi connectivity index (χ2v) is 10.5. The average molecular weight is 526 g/mol. The number of nitrogens with zero attached hydrogens (tertiary/aromatic N) is 1. The molecule has 38 heavy (non-hydrogen) atoms. The van der Waals surface area contributed by atoms with Crippen LogP contribution in [0.5, 0.6) is 11.5 Å². The molecular weight excluding hydrogens is 493 g/mol. The van der Waals surface area contributed by atoms with E-state index in [9.17, 15) is 23.9 Å². The zero-order valence-electron chi connectivity index (χ0n) is 21.2. The van der Waals surface area contributed by atoms with Gasteiger partial charge in [-0.2, -0.15) is 0 Å².